The van der Waals surface area contributed by atoms with Gasteiger partial charge in [0.1, 0.15) is 5.82 Å². The van der Waals surface area contributed by atoms with Gasteiger partial charge < -0.3 is 15.4 Å². The predicted molar refractivity (Wildman–Crippen MR) is 107 cm³/mol. The van der Waals surface area contributed by atoms with E-state index in [-0.39, 0.29) is 0 Å². The topological polar surface area (TPSA) is 59.1 Å². The highest BCUT2D eigenvalue weighted by Gasteiger charge is 2.08. The number of hydrogen-bond acceptors (Lipinski definition) is 5. The summed E-state index contributed by atoms with van der Waals surface area (Å²) in [6, 6.07) is 12.2. The number of methoxy groups -OCH3 is 1. The highest BCUT2D eigenvalue weighted by atomic mass is 16.5. The van der Waals surface area contributed by atoms with Gasteiger partial charge in [-0.1, -0.05) is 42.0 Å². The van der Waals surface area contributed by atoms with Crippen LogP contribution in [0.25, 0.3) is 11.3 Å². The van der Waals surface area contributed by atoms with E-state index in [0.29, 0.717) is 19.1 Å². The molecular formula is C21H28N4O. The predicted octanol–water partition coefficient (Wildman–Crippen LogP) is 4.50. The molecule has 26 heavy (non-hydrogen) atoms. The molecule has 5 heteroatoms. The normalized spacial score (nSPS) is 14.0. The second-order valence-corrected chi connectivity index (χ2v) is 6.53. The molecule has 0 unspecified atom stereocenters. The molecule has 0 bridgehead atoms. The van der Waals surface area contributed by atoms with E-state index in [9.17, 15) is 0 Å². The van der Waals surface area contributed by atoms with Gasteiger partial charge >= 0.3 is 0 Å². The highest BCUT2D eigenvalue weighted by Crippen LogP contribution is 2.22. The molecule has 0 spiro atoms. The molecule has 0 atom stereocenters. The van der Waals surface area contributed by atoms with Crippen LogP contribution in [0.5, 0.6) is 0 Å². The molecular weight excluding hydrogens is 324 g/mol. The Bertz CT molecular complexity index is 715. The Morgan fingerprint density at radius 2 is 1.92 bits per heavy atom. The van der Waals surface area contributed by atoms with Gasteiger partial charge in [0.05, 0.1) is 12.3 Å². The van der Waals surface area contributed by atoms with Crippen molar-refractivity contribution < 1.29 is 4.74 Å². The van der Waals surface area contributed by atoms with Crippen molar-refractivity contribution in [1.82, 2.24) is 9.97 Å². The molecule has 138 valence electrons. The van der Waals surface area contributed by atoms with E-state index in [1.165, 1.54) is 25.7 Å². The fraction of sp³-hybridized carbons (Fsp3) is 0.429. The van der Waals surface area contributed by atoms with Gasteiger partial charge in [-0.15, -0.1) is 0 Å². The quantitative estimate of drug-likeness (QED) is 0.514. The van der Waals surface area contributed by atoms with Crippen LogP contribution < -0.4 is 10.6 Å². The first-order chi connectivity index (χ1) is 12.8. The number of rotatable bonds is 9. The Kier molecular flexibility index (Phi) is 7.02. The standard InChI is InChI=1S/C21H28N4O/c1-26-15-14-22-20-16-19(18-10-6-3-7-11-18)24-21(25-20)23-13-12-17-8-4-2-5-9-17/h3,6-8,10-11,16H,2,4-5,9,12-15H2,1H3,(H2,22,23,24,25). The monoisotopic (exact) mass is 352 g/mol. The zero-order chi connectivity index (χ0) is 18.0. The van der Waals surface area contributed by atoms with Gasteiger partial charge in [0, 0.05) is 31.8 Å². The molecule has 0 amide bonds. The first-order valence-corrected chi connectivity index (χ1v) is 9.44. The molecule has 3 rings (SSSR count). The lowest BCUT2D eigenvalue weighted by molar-refractivity contribution is 0.210. The summed E-state index contributed by atoms with van der Waals surface area (Å²) in [5, 5.41) is 6.71. The first kappa shape index (κ1) is 18.4. The summed E-state index contributed by atoms with van der Waals surface area (Å²) in [7, 11) is 1.70. The largest absolute Gasteiger partial charge is 0.383 e. The molecule has 1 heterocycles. The van der Waals surface area contributed by atoms with Crippen LogP contribution in [0.3, 0.4) is 0 Å². The molecule has 1 aromatic carbocycles. The highest BCUT2D eigenvalue weighted by molar-refractivity contribution is 5.64. The molecule has 0 fully saturated rings. The van der Waals surface area contributed by atoms with Crippen molar-refractivity contribution >= 4 is 11.8 Å². The molecule has 1 aliphatic rings. The van der Waals surface area contributed by atoms with Crippen LogP contribution in [0.2, 0.25) is 0 Å². The fourth-order valence-electron chi connectivity index (χ4n) is 3.12. The van der Waals surface area contributed by atoms with Crippen LogP contribution in [-0.4, -0.2) is 36.8 Å². The van der Waals surface area contributed by atoms with E-state index < -0.39 is 0 Å². The number of aromatic nitrogens is 2. The lowest BCUT2D eigenvalue weighted by Gasteiger charge is -2.14. The Morgan fingerprint density at radius 3 is 2.69 bits per heavy atom. The maximum atomic E-state index is 5.11. The Hall–Kier alpha value is -2.40. The molecule has 0 radical (unpaired) electrons. The summed E-state index contributed by atoms with van der Waals surface area (Å²) in [4.78, 5) is 9.31. The zero-order valence-electron chi connectivity index (χ0n) is 15.5. The number of nitrogens with zero attached hydrogens (tertiary/aromatic N) is 2. The van der Waals surface area contributed by atoms with E-state index in [0.717, 1.165) is 30.0 Å². The molecule has 2 N–H and O–H groups in total. The Labute approximate surface area is 155 Å². The third-order valence-corrected chi connectivity index (χ3v) is 4.52. The smallest absolute Gasteiger partial charge is 0.225 e. The van der Waals surface area contributed by atoms with E-state index in [1.54, 1.807) is 12.7 Å². The Balaban J connectivity index is 1.70. The van der Waals surface area contributed by atoms with E-state index in [1.807, 2.05) is 24.3 Å². The molecule has 0 saturated carbocycles. The van der Waals surface area contributed by atoms with Crippen LogP contribution in [0.15, 0.2) is 48.0 Å². The van der Waals surface area contributed by atoms with Crippen molar-refractivity contribution in [1.29, 1.82) is 0 Å². The molecule has 2 aromatic rings. The second-order valence-electron chi connectivity index (χ2n) is 6.53. The summed E-state index contributed by atoms with van der Waals surface area (Å²) >= 11 is 0. The number of allylic oxidation sites excluding steroid dienone is 1. The summed E-state index contributed by atoms with van der Waals surface area (Å²) in [6.07, 6.45) is 8.56. The average molecular weight is 352 g/mol. The third-order valence-electron chi connectivity index (χ3n) is 4.52. The lowest BCUT2D eigenvalue weighted by atomic mass is 9.97. The molecule has 0 saturated heterocycles. The number of ether oxygens (including phenoxy) is 1. The average Bonchev–Trinajstić information content (AvgIpc) is 2.70. The van der Waals surface area contributed by atoms with Crippen LogP contribution in [-0.2, 0) is 4.74 Å². The summed E-state index contributed by atoms with van der Waals surface area (Å²) in [6.45, 7) is 2.22. The minimum atomic E-state index is 0.640. The zero-order valence-corrected chi connectivity index (χ0v) is 15.5. The summed E-state index contributed by atoms with van der Waals surface area (Å²) < 4.78 is 5.11. The van der Waals surface area contributed by atoms with Crippen molar-refractivity contribution in [2.75, 3.05) is 37.4 Å². The number of nitrogens with one attached hydrogen (secondary N) is 2. The van der Waals surface area contributed by atoms with Crippen LogP contribution in [0, 0.1) is 0 Å². The molecule has 0 aliphatic heterocycles. The van der Waals surface area contributed by atoms with Gasteiger partial charge in [-0.2, -0.15) is 4.98 Å². The van der Waals surface area contributed by atoms with Crippen molar-refractivity contribution in [2.45, 2.75) is 32.1 Å². The van der Waals surface area contributed by atoms with Crippen LogP contribution >= 0.6 is 0 Å². The fourth-order valence-corrected chi connectivity index (χ4v) is 3.12. The molecule has 1 aliphatic carbocycles. The van der Waals surface area contributed by atoms with Gasteiger partial charge in [0.2, 0.25) is 5.95 Å². The van der Waals surface area contributed by atoms with Crippen LogP contribution in [0.1, 0.15) is 32.1 Å². The number of hydrogen-bond donors (Lipinski definition) is 2. The maximum absolute atomic E-state index is 5.11. The summed E-state index contributed by atoms with van der Waals surface area (Å²) in [5.41, 5.74) is 3.56. The second kappa shape index (κ2) is 9.92. The minimum Gasteiger partial charge on any atom is -0.383 e. The number of benzene rings is 1. The van der Waals surface area contributed by atoms with Gasteiger partial charge in [-0.3, -0.25) is 0 Å². The van der Waals surface area contributed by atoms with E-state index in [2.05, 4.69) is 33.8 Å². The van der Waals surface area contributed by atoms with Crippen molar-refractivity contribution in [2.24, 2.45) is 0 Å². The van der Waals surface area contributed by atoms with Crippen LogP contribution in [0.4, 0.5) is 11.8 Å². The van der Waals surface area contributed by atoms with Gasteiger partial charge in [0.25, 0.3) is 0 Å². The third kappa shape index (κ3) is 5.56. The van der Waals surface area contributed by atoms with Crippen molar-refractivity contribution in [3.8, 4) is 11.3 Å². The lowest BCUT2D eigenvalue weighted by Crippen LogP contribution is -2.12. The number of anilines is 2. The van der Waals surface area contributed by atoms with Gasteiger partial charge in [-0.25, -0.2) is 4.98 Å². The molecule has 1 aromatic heterocycles. The van der Waals surface area contributed by atoms with Crippen molar-refractivity contribution in [3.05, 3.63) is 48.0 Å². The van der Waals surface area contributed by atoms with E-state index in [4.69, 9.17) is 9.72 Å². The maximum Gasteiger partial charge on any atom is 0.225 e. The van der Waals surface area contributed by atoms with Crippen molar-refractivity contribution in [3.63, 3.8) is 0 Å². The minimum absolute atomic E-state index is 0.640. The SMILES string of the molecule is COCCNc1cc(-c2ccccc2)nc(NCCC2=CCCCC2)n1. The summed E-state index contributed by atoms with van der Waals surface area (Å²) in [5.74, 6) is 1.48. The van der Waals surface area contributed by atoms with E-state index >= 15 is 0 Å². The first-order valence-electron chi connectivity index (χ1n) is 9.44. The van der Waals surface area contributed by atoms with Gasteiger partial charge in [0.15, 0.2) is 0 Å². The van der Waals surface area contributed by atoms with Gasteiger partial charge in [-0.05, 0) is 32.1 Å². The Morgan fingerprint density at radius 1 is 1.04 bits per heavy atom. The molecule has 5 nitrogen and oxygen atoms in total.